The number of hydrogen-bond donors (Lipinski definition) is 1. The van der Waals surface area contributed by atoms with Crippen LogP contribution in [0.1, 0.15) is 12.0 Å². The quantitative estimate of drug-likeness (QED) is 0.755. The van der Waals surface area contributed by atoms with Crippen molar-refractivity contribution in [1.29, 1.82) is 0 Å². The lowest BCUT2D eigenvalue weighted by atomic mass is 10.1. The molecule has 13 heavy (non-hydrogen) atoms. The van der Waals surface area contributed by atoms with Crippen LogP contribution in [0.4, 0.5) is 0 Å². The van der Waals surface area contributed by atoms with Gasteiger partial charge in [-0.25, -0.2) is 0 Å². The summed E-state index contributed by atoms with van der Waals surface area (Å²) in [5.74, 6) is 0. The topological polar surface area (TPSA) is 37.3 Å². The number of benzene rings is 1. The van der Waals surface area contributed by atoms with Crippen LogP contribution < -0.4 is 0 Å². The van der Waals surface area contributed by atoms with Crippen molar-refractivity contribution in [3.05, 3.63) is 35.9 Å². The summed E-state index contributed by atoms with van der Waals surface area (Å²) >= 11 is 0. The smallest absolute Gasteiger partial charge is 0.197 e. The molecule has 72 valence electrons. The summed E-state index contributed by atoms with van der Waals surface area (Å²) in [6.07, 6.45) is 2.09. The summed E-state index contributed by atoms with van der Waals surface area (Å²) in [5, 5.41) is 0. The number of hydrogen-bond acceptors (Lipinski definition) is 1. The highest BCUT2D eigenvalue weighted by molar-refractivity contribution is 7.57. The first-order valence-corrected chi connectivity index (χ1v) is 6.70. The van der Waals surface area contributed by atoms with E-state index in [9.17, 15) is 4.57 Å². The van der Waals surface area contributed by atoms with Crippen LogP contribution in [0.5, 0.6) is 0 Å². The van der Waals surface area contributed by atoms with Crippen LogP contribution in [0, 0.1) is 0 Å². The van der Waals surface area contributed by atoms with Crippen LogP contribution in [0.2, 0.25) is 0 Å². The molecule has 1 aromatic carbocycles. The zero-order valence-corrected chi connectivity index (χ0v) is 8.71. The molecule has 0 amide bonds. The molecule has 0 radical (unpaired) electrons. The van der Waals surface area contributed by atoms with Crippen molar-refractivity contribution < 1.29 is 9.46 Å². The fourth-order valence-corrected chi connectivity index (χ4v) is 1.97. The van der Waals surface area contributed by atoms with Gasteiger partial charge < -0.3 is 4.89 Å². The second-order valence-electron chi connectivity index (χ2n) is 3.36. The van der Waals surface area contributed by atoms with Gasteiger partial charge >= 0.3 is 0 Å². The van der Waals surface area contributed by atoms with E-state index in [1.807, 2.05) is 30.3 Å². The van der Waals surface area contributed by atoms with Crippen molar-refractivity contribution in [2.75, 3.05) is 12.8 Å². The zero-order valence-electron chi connectivity index (χ0n) is 7.81. The number of rotatable bonds is 4. The monoisotopic (exact) mass is 198 g/mol. The minimum Gasteiger partial charge on any atom is -0.344 e. The van der Waals surface area contributed by atoms with Gasteiger partial charge in [0.1, 0.15) is 0 Å². The Morgan fingerprint density at radius 1 is 1.31 bits per heavy atom. The lowest BCUT2D eigenvalue weighted by Gasteiger charge is -2.04. The molecule has 0 saturated carbocycles. The molecule has 0 saturated heterocycles. The largest absolute Gasteiger partial charge is 0.344 e. The van der Waals surface area contributed by atoms with E-state index in [0.29, 0.717) is 6.16 Å². The highest BCUT2D eigenvalue weighted by Crippen LogP contribution is 2.35. The molecule has 1 aromatic rings. The zero-order chi connectivity index (χ0) is 9.73. The van der Waals surface area contributed by atoms with E-state index in [0.717, 1.165) is 12.8 Å². The molecule has 3 heteroatoms. The molecule has 2 nitrogen and oxygen atoms in total. The molecule has 1 rings (SSSR count). The molecule has 0 aliphatic carbocycles. The van der Waals surface area contributed by atoms with Crippen molar-refractivity contribution in [3.63, 3.8) is 0 Å². The summed E-state index contributed by atoms with van der Waals surface area (Å²) in [7, 11) is -2.80. The Labute approximate surface area is 79.1 Å². The average Bonchev–Trinajstić information content (AvgIpc) is 2.04. The Hall–Kier alpha value is -0.590. The van der Waals surface area contributed by atoms with Crippen LogP contribution >= 0.6 is 7.37 Å². The molecule has 1 atom stereocenters. The van der Waals surface area contributed by atoms with E-state index in [4.69, 9.17) is 4.89 Å². The SMILES string of the molecule is CP(=O)(O)CCCc1ccccc1. The Balaban J connectivity index is 2.33. The average molecular weight is 198 g/mol. The van der Waals surface area contributed by atoms with Gasteiger partial charge in [0, 0.05) is 12.8 Å². The maximum absolute atomic E-state index is 11.0. The molecule has 0 heterocycles. The Morgan fingerprint density at radius 2 is 1.92 bits per heavy atom. The van der Waals surface area contributed by atoms with Crippen LogP contribution in [-0.2, 0) is 11.0 Å². The Bertz CT molecular complexity index is 289. The summed E-state index contributed by atoms with van der Waals surface area (Å²) in [4.78, 5) is 9.05. The molecule has 0 fully saturated rings. The van der Waals surface area contributed by atoms with Crippen molar-refractivity contribution >= 4 is 7.37 Å². The van der Waals surface area contributed by atoms with Gasteiger partial charge in [0.25, 0.3) is 0 Å². The van der Waals surface area contributed by atoms with Gasteiger partial charge in [-0.3, -0.25) is 4.57 Å². The van der Waals surface area contributed by atoms with Crippen molar-refractivity contribution in [2.45, 2.75) is 12.8 Å². The van der Waals surface area contributed by atoms with Gasteiger partial charge in [-0.2, -0.15) is 0 Å². The van der Waals surface area contributed by atoms with Crippen LogP contribution in [0.15, 0.2) is 30.3 Å². The lowest BCUT2D eigenvalue weighted by Crippen LogP contribution is -1.91. The van der Waals surface area contributed by atoms with Crippen LogP contribution in [0.3, 0.4) is 0 Å². The van der Waals surface area contributed by atoms with Crippen LogP contribution in [-0.4, -0.2) is 17.7 Å². The normalized spacial score (nSPS) is 15.2. The minimum absolute atomic E-state index is 0.419. The molecular weight excluding hydrogens is 183 g/mol. The second kappa shape index (κ2) is 4.59. The molecule has 0 bridgehead atoms. The van der Waals surface area contributed by atoms with Gasteiger partial charge in [-0.15, -0.1) is 0 Å². The summed E-state index contributed by atoms with van der Waals surface area (Å²) in [6.45, 7) is 1.41. The summed E-state index contributed by atoms with van der Waals surface area (Å²) < 4.78 is 11.0. The predicted molar refractivity (Wildman–Crippen MR) is 55.4 cm³/mol. The maximum Gasteiger partial charge on any atom is 0.197 e. The van der Waals surface area contributed by atoms with Gasteiger partial charge in [-0.05, 0) is 18.4 Å². The third kappa shape index (κ3) is 4.87. The molecule has 0 spiro atoms. The van der Waals surface area contributed by atoms with E-state index in [-0.39, 0.29) is 0 Å². The van der Waals surface area contributed by atoms with Crippen molar-refractivity contribution in [1.82, 2.24) is 0 Å². The second-order valence-corrected chi connectivity index (χ2v) is 5.91. The Morgan fingerprint density at radius 3 is 2.46 bits per heavy atom. The van der Waals surface area contributed by atoms with E-state index in [1.54, 1.807) is 0 Å². The van der Waals surface area contributed by atoms with Crippen molar-refractivity contribution in [2.24, 2.45) is 0 Å². The van der Waals surface area contributed by atoms with E-state index < -0.39 is 7.37 Å². The van der Waals surface area contributed by atoms with Gasteiger partial charge in [0.05, 0.1) is 0 Å². The molecule has 0 aliphatic rings. The maximum atomic E-state index is 11.0. The van der Waals surface area contributed by atoms with Gasteiger partial charge in [0.15, 0.2) is 7.37 Å². The molecule has 0 aromatic heterocycles. The third-order valence-corrected chi connectivity index (χ3v) is 3.03. The van der Waals surface area contributed by atoms with E-state index in [1.165, 1.54) is 12.2 Å². The van der Waals surface area contributed by atoms with E-state index >= 15 is 0 Å². The third-order valence-electron chi connectivity index (χ3n) is 1.88. The standard InChI is InChI=1S/C10H15O2P/c1-13(11,12)9-5-8-10-6-3-2-4-7-10/h2-4,6-7H,5,8-9H2,1H3,(H,11,12). The summed E-state index contributed by atoms with van der Waals surface area (Å²) in [6, 6.07) is 10.0. The number of aryl methyl sites for hydroxylation is 1. The van der Waals surface area contributed by atoms with Gasteiger partial charge in [0.2, 0.25) is 0 Å². The van der Waals surface area contributed by atoms with Gasteiger partial charge in [-0.1, -0.05) is 30.3 Å². The fourth-order valence-electron chi connectivity index (χ4n) is 1.22. The van der Waals surface area contributed by atoms with Crippen molar-refractivity contribution in [3.8, 4) is 0 Å². The molecular formula is C10H15O2P. The highest BCUT2D eigenvalue weighted by atomic mass is 31.2. The van der Waals surface area contributed by atoms with Crippen LogP contribution in [0.25, 0.3) is 0 Å². The predicted octanol–water partition coefficient (Wildman–Crippen LogP) is 2.52. The highest BCUT2D eigenvalue weighted by Gasteiger charge is 2.08. The molecule has 1 N–H and O–H groups in total. The minimum atomic E-state index is -2.80. The first-order valence-electron chi connectivity index (χ1n) is 4.41. The lowest BCUT2D eigenvalue weighted by molar-refractivity contribution is 0.483. The Kier molecular flexibility index (Phi) is 3.71. The van der Waals surface area contributed by atoms with E-state index in [2.05, 4.69) is 0 Å². The first-order chi connectivity index (χ1) is 6.08. The first kappa shape index (κ1) is 10.5. The fraction of sp³-hybridized carbons (Fsp3) is 0.400. The molecule has 0 aliphatic heterocycles. The summed E-state index contributed by atoms with van der Waals surface area (Å²) in [5.41, 5.74) is 1.23. The molecule has 1 unspecified atom stereocenters.